The monoisotopic (exact) mass is 538 g/mol. The van der Waals surface area contributed by atoms with Crippen molar-refractivity contribution in [2.24, 2.45) is 5.92 Å². The van der Waals surface area contributed by atoms with Crippen LogP contribution in [0.5, 0.6) is 0 Å². The summed E-state index contributed by atoms with van der Waals surface area (Å²) in [7, 11) is 0. The van der Waals surface area contributed by atoms with Crippen LogP contribution in [0.2, 0.25) is 0 Å². The predicted molar refractivity (Wildman–Crippen MR) is 141 cm³/mol. The number of aryl methyl sites for hydroxylation is 1. The molecule has 0 aliphatic heterocycles. The molecule has 0 spiro atoms. The number of rotatable bonds is 9. The maximum atomic E-state index is 13.2. The largest absolute Gasteiger partial charge is 0.481 e. The third-order valence-electron chi connectivity index (χ3n) is 5.84. The number of carbonyl (C=O) groups is 4. The number of carboxylic acids is 1. The number of carbonyl (C=O) groups excluding carboxylic acids is 3. The smallest absolute Gasteiger partial charge is 0.309 e. The van der Waals surface area contributed by atoms with Gasteiger partial charge < -0.3 is 10.4 Å². The lowest BCUT2D eigenvalue weighted by molar-refractivity contribution is -0.136. The number of hydrogen-bond acceptors (Lipinski definition) is 8. The lowest BCUT2D eigenvalue weighted by Gasteiger charge is -2.24. The van der Waals surface area contributed by atoms with Crippen molar-refractivity contribution >= 4 is 57.6 Å². The van der Waals surface area contributed by atoms with Crippen LogP contribution in [0.3, 0.4) is 0 Å². The van der Waals surface area contributed by atoms with Gasteiger partial charge in [0.2, 0.25) is 17.7 Å². The van der Waals surface area contributed by atoms with Gasteiger partial charge in [-0.25, -0.2) is 14.9 Å². The van der Waals surface area contributed by atoms with E-state index in [-0.39, 0.29) is 23.4 Å². The van der Waals surface area contributed by atoms with Crippen molar-refractivity contribution in [3.05, 3.63) is 59.9 Å². The molecule has 0 bridgehead atoms. The number of thiazole rings is 1. The van der Waals surface area contributed by atoms with E-state index in [1.54, 1.807) is 30.5 Å². The minimum Gasteiger partial charge on any atom is -0.481 e. The molecule has 0 unspecified atom stereocenters. The minimum atomic E-state index is -1.06. The number of carboxylic acid groups (broad SMARTS) is 1. The Balaban J connectivity index is 1.49. The highest BCUT2D eigenvalue weighted by atomic mass is 32.2. The van der Waals surface area contributed by atoms with Gasteiger partial charge in [-0.3, -0.25) is 19.2 Å². The van der Waals surface area contributed by atoms with E-state index in [0.717, 1.165) is 47.5 Å². The molecule has 2 N–H and O–H groups in total. The third-order valence-corrected chi connectivity index (χ3v) is 8.02. The first-order valence-corrected chi connectivity index (χ1v) is 13.5. The van der Waals surface area contributed by atoms with E-state index in [1.807, 2.05) is 25.1 Å². The highest BCUT2D eigenvalue weighted by molar-refractivity contribution is 8.01. The second kappa shape index (κ2) is 12.1. The Morgan fingerprint density at radius 3 is 2.49 bits per heavy atom. The number of imide groups is 1. The molecule has 4 rings (SSSR count). The fraction of sp³-hybridized carbons (Fsp3) is 0.308. The van der Waals surface area contributed by atoms with Crippen molar-refractivity contribution in [2.45, 2.75) is 54.7 Å². The third kappa shape index (κ3) is 7.01. The van der Waals surface area contributed by atoms with Gasteiger partial charge in [-0.2, -0.15) is 0 Å². The number of nitrogens with zero attached hydrogens (tertiary/aromatic N) is 3. The molecular formula is C26H26N4O5S2. The molecular weight excluding hydrogens is 512 g/mol. The van der Waals surface area contributed by atoms with Crippen molar-refractivity contribution < 1.29 is 24.3 Å². The molecule has 11 heteroatoms. The summed E-state index contributed by atoms with van der Waals surface area (Å²) in [6.45, 7) is 1.91. The van der Waals surface area contributed by atoms with Crippen LogP contribution in [0, 0.1) is 12.8 Å². The van der Waals surface area contributed by atoms with Gasteiger partial charge in [0.15, 0.2) is 5.13 Å². The predicted octanol–water partition coefficient (Wildman–Crippen LogP) is 4.70. The number of aliphatic carboxylic acids is 1. The summed E-state index contributed by atoms with van der Waals surface area (Å²) in [4.78, 5) is 60.2. The van der Waals surface area contributed by atoms with Gasteiger partial charge in [-0.15, -0.1) is 0 Å². The zero-order valence-corrected chi connectivity index (χ0v) is 21.8. The zero-order valence-electron chi connectivity index (χ0n) is 20.2. The Bertz CT molecular complexity index is 1290. The molecule has 0 atom stereocenters. The van der Waals surface area contributed by atoms with Crippen LogP contribution in [0.15, 0.2) is 57.9 Å². The number of benzene rings is 1. The van der Waals surface area contributed by atoms with E-state index in [4.69, 9.17) is 0 Å². The van der Waals surface area contributed by atoms with E-state index in [9.17, 15) is 24.3 Å². The lowest BCUT2D eigenvalue weighted by atomic mass is 10.1. The molecule has 9 nitrogen and oxygen atoms in total. The Morgan fingerprint density at radius 1 is 1.11 bits per heavy atom. The Hall–Kier alpha value is -3.57. The van der Waals surface area contributed by atoms with Crippen LogP contribution in [0.4, 0.5) is 10.8 Å². The summed E-state index contributed by atoms with van der Waals surface area (Å²) in [5.41, 5.74) is 1.72. The molecule has 1 aromatic carbocycles. The van der Waals surface area contributed by atoms with Crippen molar-refractivity contribution in [1.29, 1.82) is 0 Å². The topological polar surface area (TPSA) is 130 Å². The molecule has 37 heavy (non-hydrogen) atoms. The van der Waals surface area contributed by atoms with Gasteiger partial charge in [-0.05, 0) is 44.0 Å². The average molecular weight is 539 g/mol. The minimum absolute atomic E-state index is 0.177. The quantitative estimate of drug-likeness (QED) is 0.375. The van der Waals surface area contributed by atoms with Crippen LogP contribution < -0.4 is 10.2 Å². The van der Waals surface area contributed by atoms with Crippen LogP contribution in [0.1, 0.15) is 43.4 Å². The van der Waals surface area contributed by atoms with Gasteiger partial charge in [0.1, 0.15) is 11.4 Å². The van der Waals surface area contributed by atoms with Crippen LogP contribution in [-0.4, -0.2) is 38.8 Å². The number of amides is 3. The standard InChI is InChI=1S/C26H26N4O5S2/c1-16-9-11-18(12-10-16)30(24(35)17-6-2-3-7-17)22(32)15-20(31)29-26-28-19(14-23(33)34)25(37-26)36-21-8-4-5-13-27-21/h4-5,8-13,17H,2-3,6-7,14-15H2,1H3,(H,33,34)(H,28,29,31). The molecule has 2 aromatic heterocycles. The van der Waals surface area contributed by atoms with Crippen LogP contribution >= 0.6 is 23.1 Å². The summed E-state index contributed by atoms with van der Waals surface area (Å²) in [6.07, 6.45) is 4.08. The molecule has 3 amide bonds. The second-order valence-corrected chi connectivity index (χ2v) is 11.0. The van der Waals surface area contributed by atoms with Gasteiger partial charge in [0.25, 0.3) is 0 Å². The van der Waals surface area contributed by atoms with E-state index in [2.05, 4.69) is 15.3 Å². The fourth-order valence-corrected chi connectivity index (χ4v) is 6.13. The van der Waals surface area contributed by atoms with Gasteiger partial charge in [0.05, 0.1) is 22.0 Å². The first kappa shape index (κ1) is 26.5. The van der Waals surface area contributed by atoms with Crippen molar-refractivity contribution in [1.82, 2.24) is 9.97 Å². The van der Waals surface area contributed by atoms with Crippen molar-refractivity contribution in [3.63, 3.8) is 0 Å². The summed E-state index contributed by atoms with van der Waals surface area (Å²) in [5.74, 6) is -2.83. The lowest BCUT2D eigenvalue weighted by Crippen LogP contribution is -2.42. The molecule has 2 heterocycles. The van der Waals surface area contributed by atoms with E-state index in [1.165, 1.54) is 11.8 Å². The molecule has 192 valence electrons. The molecule has 1 fully saturated rings. The SMILES string of the molecule is Cc1ccc(N(C(=O)CC(=O)Nc2nc(CC(=O)O)c(Sc3ccccn3)s2)C(=O)C2CCCC2)cc1. The first-order chi connectivity index (χ1) is 17.8. The Morgan fingerprint density at radius 2 is 1.84 bits per heavy atom. The zero-order chi connectivity index (χ0) is 26.4. The van der Waals surface area contributed by atoms with Crippen molar-refractivity contribution in [3.8, 4) is 0 Å². The number of pyridine rings is 1. The summed E-state index contributed by atoms with van der Waals surface area (Å²) in [5, 5.41) is 12.7. The highest BCUT2D eigenvalue weighted by Gasteiger charge is 2.33. The van der Waals surface area contributed by atoms with Crippen LogP contribution in [-0.2, 0) is 25.6 Å². The number of aromatic nitrogens is 2. The van der Waals surface area contributed by atoms with Gasteiger partial charge in [-0.1, -0.05) is 59.7 Å². The van der Waals surface area contributed by atoms with Crippen molar-refractivity contribution in [2.75, 3.05) is 10.2 Å². The maximum Gasteiger partial charge on any atom is 0.309 e. The number of hydrogen-bond donors (Lipinski definition) is 2. The average Bonchev–Trinajstić information content (AvgIpc) is 3.51. The van der Waals surface area contributed by atoms with E-state index in [0.29, 0.717) is 20.6 Å². The van der Waals surface area contributed by atoms with Gasteiger partial charge in [0, 0.05) is 12.1 Å². The summed E-state index contributed by atoms with van der Waals surface area (Å²) < 4.78 is 0.584. The van der Waals surface area contributed by atoms with E-state index < -0.39 is 24.2 Å². The Labute approximate surface area is 222 Å². The first-order valence-electron chi connectivity index (χ1n) is 11.8. The molecule has 1 aliphatic rings. The molecule has 1 aliphatic carbocycles. The summed E-state index contributed by atoms with van der Waals surface area (Å²) in [6, 6.07) is 12.4. The molecule has 3 aromatic rings. The molecule has 0 saturated heterocycles. The molecule has 1 saturated carbocycles. The molecule has 0 radical (unpaired) electrons. The summed E-state index contributed by atoms with van der Waals surface area (Å²) >= 11 is 2.36. The highest BCUT2D eigenvalue weighted by Crippen LogP contribution is 2.37. The second-order valence-electron chi connectivity index (χ2n) is 8.70. The fourth-order valence-electron chi connectivity index (χ4n) is 4.05. The number of anilines is 2. The number of nitrogens with one attached hydrogen (secondary N) is 1. The van der Waals surface area contributed by atoms with Crippen LogP contribution in [0.25, 0.3) is 0 Å². The normalized spacial score (nSPS) is 13.3. The maximum absolute atomic E-state index is 13.2. The van der Waals surface area contributed by atoms with E-state index >= 15 is 0 Å². The van der Waals surface area contributed by atoms with Gasteiger partial charge >= 0.3 is 5.97 Å². The Kier molecular flexibility index (Phi) is 8.67.